The van der Waals surface area contributed by atoms with E-state index in [-0.39, 0.29) is 0 Å². The highest BCUT2D eigenvalue weighted by atomic mass is 16.5. The number of fused-ring (bicyclic) bond motifs is 1. The topological polar surface area (TPSA) is 27.1 Å². The highest BCUT2D eigenvalue weighted by molar-refractivity contribution is 5.78. The molecule has 0 saturated heterocycles. The lowest BCUT2D eigenvalue weighted by Crippen LogP contribution is -2.10. The third-order valence-corrected chi connectivity index (χ3v) is 4.47. The Bertz CT molecular complexity index is 862. The third-order valence-electron chi connectivity index (χ3n) is 4.47. The molecule has 23 heavy (non-hydrogen) atoms. The van der Waals surface area contributed by atoms with Crippen LogP contribution in [0.5, 0.6) is 5.75 Å². The van der Waals surface area contributed by atoms with E-state index in [1.54, 1.807) is 0 Å². The Morgan fingerprint density at radius 2 is 1.65 bits per heavy atom. The van der Waals surface area contributed by atoms with Crippen molar-refractivity contribution in [3.8, 4) is 5.75 Å². The Kier molecular flexibility index (Phi) is 4.12. The molecule has 0 N–H and O–H groups in total. The normalized spacial score (nSPS) is 11.2. The maximum absolute atomic E-state index is 6.00. The second-order valence-electron chi connectivity index (χ2n) is 6.35. The molecule has 0 atom stereocenters. The molecule has 1 aromatic heterocycles. The van der Waals surface area contributed by atoms with Gasteiger partial charge in [0.15, 0.2) is 0 Å². The molecule has 0 unspecified atom stereocenters. The number of hydrogen-bond acceptors (Lipinski definition) is 2. The minimum Gasteiger partial charge on any atom is -0.491 e. The Hall–Kier alpha value is -2.29. The Labute approximate surface area is 137 Å². The summed E-state index contributed by atoms with van der Waals surface area (Å²) >= 11 is 0. The van der Waals surface area contributed by atoms with Gasteiger partial charge in [-0.15, -0.1) is 0 Å². The van der Waals surface area contributed by atoms with Crippen molar-refractivity contribution in [2.75, 3.05) is 6.61 Å². The first kappa shape index (κ1) is 15.6. The van der Waals surface area contributed by atoms with Crippen molar-refractivity contribution in [2.45, 2.75) is 41.2 Å². The summed E-state index contributed by atoms with van der Waals surface area (Å²) < 4.78 is 8.24. The molecule has 3 nitrogen and oxygen atoms in total. The first-order chi connectivity index (χ1) is 11.0. The maximum atomic E-state index is 6.00. The van der Waals surface area contributed by atoms with E-state index in [1.165, 1.54) is 27.8 Å². The SMILES string of the molecule is Cc1ccc(C)c(OCCn2c(C)nc3cc(C)c(C)cc32)c1. The van der Waals surface area contributed by atoms with E-state index in [0.717, 1.165) is 23.6 Å². The molecule has 0 aliphatic rings. The monoisotopic (exact) mass is 308 g/mol. The van der Waals surface area contributed by atoms with Crippen LogP contribution in [0.3, 0.4) is 0 Å². The predicted octanol–water partition coefficient (Wildman–Crippen LogP) is 4.66. The van der Waals surface area contributed by atoms with Crippen LogP contribution in [0.25, 0.3) is 11.0 Å². The van der Waals surface area contributed by atoms with Crippen LogP contribution in [0.15, 0.2) is 30.3 Å². The number of nitrogens with zero attached hydrogens (tertiary/aromatic N) is 2. The quantitative estimate of drug-likeness (QED) is 0.701. The molecule has 0 aliphatic carbocycles. The number of ether oxygens (including phenoxy) is 1. The molecule has 120 valence electrons. The van der Waals surface area contributed by atoms with Crippen molar-refractivity contribution in [1.82, 2.24) is 9.55 Å². The number of hydrogen-bond donors (Lipinski definition) is 0. The Morgan fingerprint density at radius 3 is 2.43 bits per heavy atom. The highest BCUT2D eigenvalue weighted by Crippen LogP contribution is 2.22. The summed E-state index contributed by atoms with van der Waals surface area (Å²) in [7, 11) is 0. The molecular formula is C20H24N2O. The summed E-state index contributed by atoms with van der Waals surface area (Å²) in [6.45, 7) is 12.0. The van der Waals surface area contributed by atoms with Gasteiger partial charge in [-0.3, -0.25) is 0 Å². The second-order valence-corrected chi connectivity index (χ2v) is 6.35. The average Bonchev–Trinajstić information content (AvgIpc) is 2.79. The van der Waals surface area contributed by atoms with Crippen molar-refractivity contribution in [3.05, 3.63) is 58.4 Å². The molecule has 0 saturated carbocycles. The molecule has 0 spiro atoms. The minimum absolute atomic E-state index is 0.642. The smallest absolute Gasteiger partial charge is 0.122 e. The Balaban J connectivity index is 1.80. The van der Waals surface area contributed by atoms with E-state index in [4.69, 9.17) is 4.74 Å². The fraction of sp³-hybridized carbons (Fsp3) is 0.350. The van der Waals surface area contributed by atoms with Crippen molar-refractivity contribution in [3.63, 3.8) is 0 Å². The first-order valence-electron chi connectivity index (χ1n) is 8.10. The lowest BCUT2D eigenvalue weighted by atomic mass is 10.1. The summed E-state index contributed by atoms with van der Waals surface area (Å²) in [4.78, 5) is 4.68. The van der Waals surface area contributed by atoms with Gasteiger partial charge in [0.05, 0.1) is 17.6 Å². The van der Waals surface area contributed by atoms with Crippen molar-refractivity contribution in [1.29, 1.82) is 0 Å². The lowest BCUT2D eigenvalue weighted by Gasteiger charge is -2.12. The molecule has 3 rings (SSSR count). The molecule has 0 bridgehead atoms. The third kappa shape index (κ3) is 3.09. The standard InChI is InChI=1S/C20H24N2O/c1-13-6-7-14(2)20(10-13)23-9-8-22-17(5)21-18-11-15(3)16(4)12-19(18)22/h6-7,10-12H,8-9H2,1-5H3. The molecule has 2 aromatic carbocycles. The lowest BCUT2D eigenvalue weighted by molar-refractivity contribution is 0.297. The van der Waals surface area contributed by atoms with E-state index < -0.39 is 0 Å². The fourth-order valence-corrected chi connectivity index (χ4v) is 2.89. The number of imidazole rings is 1. The van der Waals surface area contributed by atoms with Gasteiger partial charge in [-0.2, -0.15) is 0 Å². The van der Waals surface area contributed by atoms with Crippen LogP contribution >= 0.6 is 0 Å². The zero-order chi connectivity index (χ0) is 16.6. The average molecular weight is 308 g/mol. The van der Waals surface area contributed by atoms with E-state index in [1.807, 2.05) is 0 Å². The summed E-state index contributed by atoms with van der Waals surface area (Å²) in [5.41, 5.74) is 7.24. The summed E-state index contributed by atoms with van der Waals surface area (Å²) in [5.74, 6) is 2.01. The molecule has 0 amide bonds. The van der Waals surface area contributed by atoms with Gasteiger partial charge in [0, 0.05) is 0 Å². The molecular weight excluding hydrogens is 284 g/mol. The van der Waals surface area contributed by atoms with Crippen LogP contribution in [0.4, 0.5) is 0 Å². The summed E-state index contributed by atoms with van der Waals surface area (Å²) in [6.07, 6.45) is 0. The van der Waals surface area contributed by atoms with Gasteiger partial charge >= 0.3 is 0 Å². The highest BCUT2D eigenvalue weighted by Gasteiger charge is 2.09. The largest absolute Gasteiger partial charge is 0.491 e. The van der Waals surface area contributed by atoms with Gasteiger partial charge in [0.1, 0.15) is 18.2 Å². The zero-order valence-corrected chi connectivity index (χ0v) is 14.6. The van der Waals surface area contributed by atoms with Crippen LogP contribution < -0.4 is 4.74 Å². The fourth-order valence-electron chi connectivity index (χ4n) is 2.89. The van der Waals surface area contributed by atoms with Gasteiger partial charge in [-0.25, -0.2) is 4.98 Å². The predicted molar refractivity (Wildman–Crippen MR) is 95.4 cm³/mol. The van der Waals surface area contributed by atoms with Crippen molar-refractivity contribution < 1.29 is 4.74 Å². The van der Waals surface area contributed by atoms with Crippen LogP contribution in [0, 0.1) is 34.6 Å². The zero-order valence-electron chi connectivity index (χ0n) is 14.6. The minimum atomic E-state index is 0.642. The van der Waals surface area contributed by atoms with Crippen molar-refractivity contribution >= 4 is 11.0 Å². The van der Waals surface area contributed by atoms with E-state index in [2.05, 4.69) is 74.5 Å². The molecule has 3 heteroatoms. The van der Waals surface area contributed by atoms with Gasteiger partial charge in [-0.1, -0.05) is 12.1 Å². The van der Waals surface area contributed by atoms with Crippen LogP contribution in [0.2, 0.25) is 0 Å². The van der Waals surface area contributed by atoms with E-state index in [0.29, 0.717) is 6.61 Å². The number of aryl methyl sites for hydroxylation is 5. The first-order valence-corrected chi connectivity index (χ1v) is 8.10. The molecule has 3 aromatic rings. The van der Waals surface area contributed by atoms with Gasteiger partial charge in [0.25, 0.3) is 0 Å². The van der Waals surface area contributed by atoms with Gasteiger partial charge < -0.3 is 9.30 Å². The van der Waals surface area contributed by atoms with Crippen molar-refractivity contribution in [2.24, 2.45) is 0 Å². The van der Waals surface area contributed by atoms with Gasteiger partial charge in [0.2, 0.25) is 0 Å². The Morgan fingerprint density at radius 1 is 0.913 bits per heavy atom. The molecule has 0 aliphatic heterocycles. The number of benzene rings is 2. The number of aromatic nitrogens is 2. The van der Waals surface area contributed by atoms with Crippen LogP contribution in [-0.4, -0.2) is 16.2 Å². The molecule has 0 fully saturated rings. The summed E-state index contributed by atoms with van der Waals surface area (Å²) in [5, 5.41) is 0. The van der Waals surface area contributed by atoms with Crippen LogP contribution in [0.1, 0.15) is 28.1 Å². The van der Waals surface area contributed by atoms with E-state index >= 15 is 0 Å². The van der Waals surface area contributed by atoms with Crippen LogP contribution in [-0.2, 0) is 6.54 Å². The summed E-state index contributed by atoms with van der Waals surface area (Å²) in [6, 6.07) is 10.7. The second kappa shape index (κ2) is 6.07. The molecule has 1 heterocycles. The maximum Gasteiger partial charge on any atom is 0.122 e. The van der Waals surface area contributed by atoms with Gasteiger partial charge in [-0.05, 0) is 75.1 Å². The van der Waals surface area contributed by atoms with E-state index in [9.17, 15) is 0 Å². The molecule has 0 radical (unpaired) electrons. The number of rotatable bonds is 4.